The Balaban J connectivity index is 1.77. The minimum Gasteiger partial charge on any atom is -0.307 e. The highest BCUT2D eigenvalue weighted by Crippen LogP contribution is 2.22. The van der Waals surface area contributed by atoms with E-state index in [1.807, 2.05) is 4.72 Å². The second-order valence-electron chi connectivity index (χ2n) is 8.40. The molecular weight excluding hydrogens is 566 g/mol. The number of nitro benzene ring substituents is 1. The Hall–Kier alpha value is -4.38. The van der Waals surface area contributed by atoms with E-state index in [1.54, 1.807) is 19.1 Å². The minimum absolute atomic E-state index is 0.0745. The van der Waals surface area contributed by atoms with Crippen LogP contribution >= 0.6 is 0 Å². The van der Waals surface area contributed by atoms with Crippen molar-refractivity contribution in [2.24, 2.45) is 0 Å². The van der Waals surface area contributed by atoms with E-state index in [4.69, 9.17) is 5.21 Å². The molecule has 14 nitrogen and oxygen atoms in total. The first-order valence-corrected chi connectivity index (χ1v) is 14.4. The highest BCUT2D eigenvalue weighted by atomic mass is 32.2. The molecular formula is C24H25N5O9S2. The van der Waals surface area contributed by atoms with Gasteiger partial charge in [-0.2, -0.15) is 4.31 Å². The molecule has 0 atom stereocenters. The van der Waals surface area contributed by atoms with Crippen molar-refractivity contribution in [2.45, 2.75) is 29.7 Å². The molecule has 0 aromatic heterocycles. The van der Waals surface area contributed by atoms with Crippen molar-refractivity contribution in [3.63, 3.8) is 0 Å². The van der Waals surface area contributed by atoms with E-state index in [-0.39, 0.29) is 40.7 Å². The molecule has 16 heteroatoms. The molecule has 3 rings (SSSR count). The molecule has 0 aliphatic rings. The Labute approximate surface area is 229 Å². The van der Waals surface area contributed by atoms with Crippen LogP contribution in [0, 0.1) is 17.0 Å². The van der Waals surface area contributed by atoms with Crippen LogP contribution in [0.4, 0.5) is 16.2 Å². The molecule has 0 bridgehead atoms. The van der Waals surface area contributed by atoms with Gasteiger partial charge in [-0.1, -0.05) is 30.3 Å². The molecule has 0 saturated carbocycles. The Morgan fingerprint density at radius 2 is 1.57 bits per heavy atom. The molecule has 0 spiro atoms. The van der Waals surface area contributed by atoms with E-state index < -0.39 is 36.9 Å². The number of carbonyl (C=O) groups excluding carboxylic acids is 2. The molecule has 40 heavy (non-hydrogen) atoms. The van der Waals surface area contributed by atoms with Crippen molar-refractivity contribution < 1.29 is 36.6 Å². The van der Waals surface area contributed by atoms with Crippen molar-refractivity contribution in [1.82, 2.24) is 14.5 Å². The molecule has 3 amide bonds. The van der Waals surface area contributed by atoms with E-state index >= 15 is 0 Å². The zero-order valence-electron chi connectivity index (χ0n) is 21.0. The fourth-order valence-electron chi connectivity index (χ4n) is 3.54. The first-order valence-electron chi connectivity index (χ1n) is 11.5. The Kier molecular flexibility index (Phi) is 9.54. The van der Waals surface area contributed by atoms with E-state index in [0.29, 0.717) is 11.1 Å². The fourth-order valence-corrected chi connectivity index (χ4v) is 6.13. The van der Waals surface area contributed by atoms with Gasteiger partial charge in [0.2, 0.25) is 15.9 Å². The van der Waals surface area contributed by atoms with Crippen molar-refractivity contribution >= 4 is 43.4 Å². The highest BCUT2D eigenvalue weighted by Gasteiger charge is 2.26. The standard InChI is InChI=1S/C24H25N5O9S2/c1-17-4-2-3-5-22(17)39(35,36)27-24(31)25-19-8-12-21(13-9-19)40(37,38)28(15-14-23(30)26-32)16-18-6-10-20(11-7-18)29(33)34/h2-13,32H,14-16H2,1H3,(H,26,30)(H2,25,27,31). The van der Waals surface area contributed by atoms with Crippen LogP contribution in [0.2, 0.25) is 0 Å². The van der Waals surface area contributed by atoms with Gasteiger partial charge in [-0.15, -0.1) is 0 Å². The van der Waals surface area contributed by atoms with Gasteiger partial charge in [0, 0.05) is 37.3 Å². The summed E-state index contributed by atoms with van der Waals surface area (Å²) in [4.78, 5) is 33.9. The molecule has 3 aromatic carbocycles. The predicted molar refractivity (Wildman–Crippen MR) is 142 cm³/mol. The third-order valence-corrected chi connectivity index (χ3v) is 8.93. The zero-order valence-corrected chi connectivity index (χ0v) is 22.6. The van der Waals surface area contributed by atoms with Crippen LogP contribution in [0.25, 0.3) is 0 Å². The highest BCUT2D eigenvalue weighted by molar-refractivity contribution is 7.90. The third-order valence-electron chi connectivity index (χ3n) is 5.58. The van der Waals surface area contributed by atoms with Crippen LogP contribution in [0.1, 0.15) is 17.5 Å². The molecule has 0 aliphatic carbocycles. The first kappa shape index (κ1) is 30.2. The number of hydrogen-bond acceptors (Lipinski definition) is 9. The number of nitrogens with one attached hydrogen (secondary N) is 3. The van der Waals surface area contributed by atoms with Crippen molar-refractivity contribution in [3.05, 3.63) is 94.0 Å². The lowest BCUT2D eigenvalue weighted by atomic mass is 10.2. The predicted octanol–water partition coefficient (Wildman–Crippen LogP) is 2.50. The van der Waals surface area contributed by atoms with Crippen LogP contribution in [0.3, 0.4) is 0 Å². The topological polar surface area (TPSA) is 205 Å². The summed E-state index contributed by atoms with van der Waals surface area (Å²) in [6.45, 7) is 1.01. The van der Waals surface area contributed by atoms with Crippen molar-refractivity contribution in [1.29, 1.82) is 0 Å². The summed E-state index contributed by atoms with van der Waals surface area (Å²) in [5, 5.41) is 22.0. The van der Waals surface area contributed by atoms with E-state index in [2.05, 4.69) is 5.32 Å². The Bertz CT molecular complexity index is 1610. The molecule has 212 valence electrons. The maximum Gasteiger partial charge on any atom is 0.333 e. The Morgan fingerprint density at radius 1 is 0.950 bits per heavy atom. The van der Waals surface area contributed by atoms with Gasteiger partial charge in [0.05, 0.1) is 14.7 Å². The summed E-state index contributed by atoms with van der Waals surface area (Å²) in [5.74, 6) is -0.824. The molecule has 0 fully saturated rings. The van der Waals surface area contributed by atoms with Gasteiger partial charge >= 0.3 is 6.03 Å². The van der Waals surface area contributed by atoms with Gasteiger partial charge < -0.3 is 5.32 Å². The van der Waals surface area contributed by atoms with E-state index in [1.165, 1.54) is 66.1 Å². The van der Waals surface area contributed by atoms with Gasteiger partial charge in [0.1, 0.15) is 0 Å². The van der Waals surface area contributed by atoms with Gasteiger partial charge in [-0.3, -0.25) is 20.1 Å². The second-order valence-corrected chi connectivity index (χ2v) is 12.0. The monoisotopic (exact) mass is 591 g/mol. The minimum atomic E-state index is -4.23. The molecule has 0 heterocycles. The van der Waals surface area contributed by atoms with Crippen molar-refractivity contribution in [3.8, 4) is 0 Å². The number of anilines is 1. The number of rotatable bonds is 11. The van der Waals surface area contributed by atoms with Gasteiger partial charge in [-0.25, -0.2) is 31.8 Å². The summed E-state index contributed by atoms with van der Waals surface area (Å²) in [7, 11) is -8.39. The van der Waals surface area contributed by atoms with Crippen LogP contribution in [-0.4, -0.2) is 49.8 Å². The van der Waals surface area contributed by atoms with Gasteiger partial charge in [0.15, 0.2) is 0 Å². The van der Waals surface area contributed by atoms with Gasteiger partial charge in [0.25, 0.3) is 15.7 Å². The molecule has 0 aliphatic heterocycles. The number of carbonyl (C=O) groups is 2. The maximum absolute atomic E-state index is 13.4. The lowest BCUT2D eigenvalue weighted by Gasteiger charge is -2.22. The number of amides is 3. The Morgan fingerprint density at radius 3 is 2.15 bits per heavy atom. The number of sulfonamides is 2. The first-order chi connectivity index (χ1) is 18.8. The summed E-state index contributed by atoms with van der Waals surface area (Å²) in [5.41, 5.74) is 2.18. The summed E-state index contributed by atoms with van der Waals surface area (Å²) >= 11 is 0. The fraction of sp³-hybridized carbons (Fsp3) is 0.167. The lowest BCUT2D eigenvalue weighted by Crippen LogP contribution is -2.35. The maximum atomic E-state index is 13.4. The summed E-state index contributed by atoms with van der Waals surface area (Å²) < 4.78 is 54.6. The molecule has 0 unspecified atom stereocenters. The van der Waals surface area contributed by atoms with Crippen LogP contribution in [0.15, 0.2) is 82.6 Å². The summed E-state index contributed by atoms with van der Waals surface area (Å²) in [6.07, 6.45) is -0.377. The number of urea groups is 1. The zero-order chi connectivity index (χ0) is 29.5. The number of benzene rings is 3. The largest absolute Gasteiger partial charge is 0.333 e. The number of hydrogen-bond donors (Lipinski definition) is 4. The SMILES string of the molecule is Cc1ccccc1S(=O)(=O)NC(=O)Nc1ccc(S(=O)(=O)N(CCC(=O)NO)Cc2ccc([N+](=O)[O-])cc2)cc1. The lowest BCUT2D eigenvalue weighted by molar-refractivity contribution is -0.384. The van der Waals surface area contributed by atoms with Crippen LogP contribution in [-0.2, 0) is 31.4 Å². The van der Waals surface area contributed by atoms with E-state index in [0.717, 1.165) is 4.31 Å². The molecule has 4 N–H and O–H groups in total. The number of nitrogens with zero attached hydrogens (tertiary/aromatic N) is 2. The normalized spacial score (nSPS) is 11.6. The number of nitro groups is 1. The van der Waals surface area contributed by atoms with Crippen molar-refractivity contribution in [2.75, 3.05) is 11.9 Å². The average molecular weight is 592 g/mol. The molecule has 0 saturated heterocycles. The summed E-state index contributed by atoms with van der Waals surface area (Å²) in [6, 6.07) is 15.1. The van der Waals surface area contributed by atoms with E-state index in [9.17, 15) is 36.5 Å². The third kappa shape index (κ3) is 7.60. The number of aryl methyl sites for hydroxylation is 1. The quantitative estimate of drug-likeness (QED) is 0.147. The molecule has 3 aromatic rings. The number of non-ortho nitro benzene ring substituents is 1. The van der Waals surface area contributed by atoms with Gasteiger partial charge in [-0.05, 0) is 48.4 Å². The van der Waals surface area contributed by atoms with Crippen LogP contribution in [0.5, 0.6) is 0 Å². The molecule has 0 radical (unpaired) electrons. The smallest absolute Gasteiger partial charge is 0.307 e. The number of hydroxylamine groups is 1. The second kappa shape index (κ2) is 12.6. The van der Waals surface area contributed by atoms with Crippen LogP contribution < -0.4 is 15.5 Å². The average Bonchev–Trinajstić information content (AvgIpc) is 2.91.